The number of hydrogen-bond donors (Lipinski definition) is 2. The van der Waals surface area contributed by atoms with E-state index in [0.29, 0.717) is 22.2 Å². The molecule has 3 rings (SSSR count). The topological polar surface area (TPSA) is 38.0 Å². The molecule has 1 unspecified atom stereocenters. The van der Waals surface area contributed by atoms with E-state index in [-0.39, 0.29) is 6.42 Å². The van der Waals surface area contributed by atoms with Crippen LogP contribution in [0.3, 0.4) is 0 Å². The first kappa shape index (κ1) is 19.8. The summed E-state index contributed by atoms with van der Waals surface area (Å²) < 4.78 is 40.1. The highest BCUT2D eigenvalue weighted by atomic mass is 35.5. The monoisotopic (exact) mass is 394 g/mol. The van der Waals surface area contributed by atoms with Crippen LogP contribution in [0.5, 0.6) is 0 Å². The van der Waals surface area contributed by atoms with Gasteiger partial charge in [0.05, 0.1) is 16.3 Å². The summed E-state index contributed by atoms with van der Waals surface area (Å²) in [5.41, 5.74) is 7.77. The van der Waals surface area contributed by atoms with Crippen LogP contribution < -0.4 is 11.1 Å². The molecule has 2 aromatic carbocycles. The Labute approximate surface area is 162 Å². The maximum atomic E-state index is 13.4. The Morgan fingerprint density at radius 1 is 1.22 bits per heavy atom. The smallest absolute Gasteiger partial charge is 0.398 e. The van der Waals surface area contributed by atoms with Gasteiger partial charge in [-0.05, 0) is 67.6 Å². The van der Waals surface area contributed by atoms with Crippen molar-refractivity contribution < 1.29 is 13.2 Å². The van der Waals surface area contributed by atoms with Crippen molar-refractivity contribution in [2.75, 3.05) is 18.8 Å². The molecule has 6 heteroatoms. The molecular formula is C21H22ClF3N2. The molecule has 1 fully saturated rings. The van der Waals surface area contributed by atoms with Crippen LogP contribution in [0.1, 0.15) is 29.5 Å². The van der Waals surface area contributed by atoms with Gasteiger partial charge in [-0.2, -0.15) is 13.2 Å². The van der Waals surface area contributed by atoms with Gasteiger partial charge in [0.2, 0.25) is 0 Å². The van der Waals surface area contributed by atoms with Crippen molar-refractivity contribution in [2.45, 2.75) is 25.4 Å². The van der Waals surface area contributed by atoms with E-state index in [0.717, 1.165) is 43.1 Å². The van der Waals surface area contributed by atoms with Crippen molar-refractivity contribution in [3.63, 3.8) is 0 Å². The predicted molar refractivity (Wildman–Crippen MR) is 105 cm³/mol. The number of nitrogens with one attached hydrogen (secondary N) is 1. The Bertz CT molecular complexity index is 824. The number of benzene rings is 2. The van der Waals surface area contributed by atoms with Gasteiger partial charge in [-0.25, -0.2) is 0 Å². The molecule has 0 aromatic heterocycles. The van der Waals surface area contributed by atoms with E-state index < -0.39 is 11.7 Å². The van der Waals surface area contributed by atoms with Crippen molar-refractivity contribution in [3.8, 4) is 0 Å². The van der Waals surface area contributed by atoms with Gasteiger partial charge in [-0.1, -0.05) is 47.5 Å². The van der Waals surface area contributed by atoms with E-state index in [9.17, 15) is 13.2 Å². The third-order valence-electron chi connectivity index (χ3n) is 4.85. The van der Waals surface area contributed by atoms with Crippen LogP contribution in [-0.4, -0.2) is 13.1 Å². The summed E-state index contributed by atoms with van der Waals surface area (Å²) in [4.78, 5) is 0. The van der Waals surface area contributed by atoms with Gasteiger partial charge in [0.1, 0.15) is 0 Å². The van der Waals surface area contributed by atoms with Crippen molar-refractivity contribution in [1.82, 2.24) is 5.32 Å². The molecule has 1 saturated heterocycles. The predicted octanol–water partition coefficient (Wildman–Crippen LogP) is 5.57. The van der Waals surface area contributed by atoms with Crippen LogP contribution in [-0.2, 0) is 12.6 Å². The summed E-state index contributed by atoms with van der Waals surface area (Å²) in [6, 6.07) is 11.1. The highest BCUT2D eigenvalue weighted by Gasteiger charge is 2.33. The second-order valence-electron chi connectivity index (χ2n) is 6.98. The molecule has 3 N–H and O–H groups in total. The normalized spacial score (nSPS) is 18.1. The zero-order valence-electron chi connectivity index (χ0n) is 14.8. The Kier molecular flexibility index (Phi) is 6.12. The molecular weight excluding hydrogens is 373 g/mol. The average Bonchev–Trinajstić information content (AvgIpc) is 3.11. The molecule has 0 saturated carbocycles. The van der Waals surface area contributed by atoms with E-state index in [2.05, 4.69) is 5.32 Å². The standard InChI is InChI=1S/C21H22ClF3N2/c22-19-12-14(5-6-20(19)26)9-16(10-15-7-8-27-13-15)11-17-3-1-2-4-18(17)21(23,24)25/h1-6,9,12,15,27H,7-8,10-11,13,26H2/b16-9-. The Morgan fingerprint density at radius 3 is 2.67 bits per heavy atom. The number of allylic oxidation sites excluding steroid dienone is 1. The summed E-state index contributed by atoms with van der Waals surface area (Å²) >= 11 is 6.10. The summed E-state index contributed by atoms with van der Waals surface area (Å²) in [7, 11) is 0. The first-order valence-corrected chi connectivity index (χ1v) is 9.31. The zero-order valence-corrected chi connectivity index (χ0v) is 15.6. The van der Waals surface area contributed by atoms with Gasteiger partial charge in [-0.3, -0.25) is 0 Å². The number of nitrogens with two attached hydrogens (primary N) is 1. The molecule has 0 amide bonds. The van der Waals surface area contributed by atoms with Gasteiger partial charge < -0.3 is 11.1 Å². The summed E-state index contributed by atoms with van der Waals surface area (Å²) in [6.07, 6.45) is -0.381. The van der Waals surface area contributed by atoms with E-state index in [1.165, 1.54) is 6.07 Å². The van der Waals surface area contributed by atoms with Crippen molar-refractivity contribution in [2.24, 2.45) is 5.92 Å². The molecule has 0 spiro atoms. The second kappa shape index (κ2) is 8.36. The average molecular weight is 395 g/mol. The molecule has 1 aliphatic rings. The molecule has 2 nitrogen and oxygen atoms in total. The molecule has 27 heavy (non-hydrogen) atoms. The number of hydrogen-bond acceptors (Lipinski definition) is 2. The molecule has 1 heterocycles. The number of nitrogen functional groups attached to an aromatic ring is 1. The van der Waals surface area contributed by atoms with Crippen molar-refractivity contribution in [3.05, 3.63) is 69.8 Å². The minimum absolute atomic E-state index is 0.258. The lowest BCUT2D eigenvalue weighted by molar-refractivity contribution is -0.138. The van der Waals surface area contributed by atoms with Crippen LogP contribution in [0.15, 0.2) is 48.0 Å². The van der Waals surface area contributed by atoms with Crippen LogP contribution in [0.4, 0.5) is 18.9 Å². The maximum absolute atomic E-state index is 13.4. The molecule has 1 atom stereocenters. The van der Waals surface area contributed by atoms with E-state index in [1.807, 2.05) is 12.1 Å². The molecule has 0 bridgehead atoms. The Balaban J connectivity index is 1.93. The van der Waals surface area contributed by atoms with Gasteiger partial charge in [0.15, 0.2) is 0 Å². The fraction of sp³-hybridized carbons (Fsp3) is 0.333. The SMILES string of the molecule is Nc1ccc(/C=C(\Cc2ccccc2C(F)(F)F)CC2CCNC2)cc1Cl. The van der Waals surface area contributed by atoms with Crippen molar-refractivity contribution in [1.29, 1.82) is 0 Å². The van der Waals surface area contributed by atoms with Gasteiger partial charge in [0.25, 0.3) is 0 Å². The van der Waals surface area contributed by atoms with Crippen LogP contribution in [0, 0.1) is 5.92 Å². The van der Waals surface area contributed by atoms with Gasteiger partial charge in [0, 0.05) is 0 Å². The number of anilines is 1. The third kappa shape index (κ3) is 5.27. The number of alkyl halides is 3. The number of halogens is 4. The van der Waals surface area contributed by atoms with Gasteiger partial charge in [-0.15, -0.1) is 0 Å². The largest absolute Gasteiger partial charge is 0.416 e. The molecule has 2 aromatic rings. The Hall–Kier alpha value is -1.98. The molecule has 0 radical (unpaired) electrons. The minimum Gasteiger partial charge on any atom is -0.398 e. The fourth-order valence-corrected chi connectivity index (χ4v) is 3.70. The highest BCUT2D eigenvalue weighted by Crippen LogP contribution is 2.34. The Morgan fingerprint density at radius 2 is 2.00 bits per heavy atom. The lowest BCUT2D eigenvalue weighted by atomic mass is 9.90. The lowest BCUT2D eigenvalue weighted by Crippen LogP contribution is -2.12. The van der Waals surface area contributed by atoms with Gasteiger partial charge >= 0.3 is 6.18 Å². The quantitative estimate of drug-likeness (QED) is 0.651. The van der Waals surface area contributed by atoms with E-state index in [1.54, 1.807) is 24.3 Å². The van der Waals surface area contributed by atoms with E-state index >= 15 is 0 Å². The first-order chi connectivity index (χ1) is 12.8. The van der Waals surface area contributed by atoms with Crippen LogP contribution >= 0.6 is 11.6 Å². The van der Waals surface area contributed by atoms with Crippen LogP contribution in [0.2, 0.25) is 5.02 Å². The van der Waals surface area contributed by atoms with Crippen LogP contribution in [0.25, 0.3) is 6.08 Å². The highest BCUT2D eigenvalue weighted by molar-refractivity contribution is 6.33. The summed E-state index contributed by atoms with van der Waals surface area (Å²) in [6.45, 7) is 1.84. The molecule has 0 aliphatic carbocycles. The van der Waals surface area contributed by atoms with Crippen molar-refractivity contribution >= 4 is 23.4 Å². The molecule has 1 aliphatic heterocycles. The lowest BCUT2D eigenvalue weighted by Gasteiger charge is -2.17. The number of rotatable bonds is 5. The van der Waals surface area contributed by atoms with E-state index in [4.69, 9.17) is 17.3 Å². The zero-order chi connectivity index (χ0) is 19.4. The summed E-state index contributed by atoms with van der Waals surface area (Å²) in [5, 5.41) is 3.76. The maximum Gasteiger partial charge on any atom is 0.416 e. The third-order valence-corrected chi connectivity index (χ3v) is 5.18. The summed E-state index contributed by atoms with van der Waals surface area (Å²) in [5.74, 6) is 0.429. The minimum atomic E-state index is -4.36. The fourth-order valence-electron chi connectivity index (χ4n) is 3.51. The first-order valence-electron chi connectivity index (χ1n) is 8.93. The molecule has 144 valence electrons. The second-order valence-corrected chi connectivity index (χ2v) is 7.39.